The Bertz CT molecular complexity index is 2570. The van der Waals surface area contributed by atoms with Crippen molar-refractivity contribution < 1.29 is 122 Å². The minimum absolute atomic E-state index is 0.0131. The second-order valence-electron chi connectivity index (χ2n) is 34.1. The Morgan fingerprint density at radius 2 is 0.686 bits per heavy atom. The lowest BCUT2D eigenvalue weighted by Gasteiger charge is -2.50. The van der Waals surface area contributed by atoms with Crippen LogP contribution >= 0.6 is 7.82 Å². The molecule has 692 valence electrons. The van der Waals surface area contributed by atoms with Gasteiger partial charge in [-0.05, 0) is 83.0 Å². The van der Waals surface area contributed by atoms with Crippen LogP contribution in [0.25, 0.3) is 0 Å². The maximum atomic E-state index is 14.9. The Morgan fingerprint density at radius 3 is 1.11 bits per heavy atom. The largest absolute Gasteiger partial charge is 0.472 e. The standard InChI is InChI=1S/C92H169O25P/c1-6-10-14-18-22-25-28-31-33-36-39-42-45-53-59-65-77(96)111-72(68-108-75(94)63-57-51-44-41-38-35-30-27-24-20-16-12-8-3)69-110-118(106,107)117-90-88(115-91-85(104)81(100)79(98)73(67-93)112-91)84(103)83(102)87(114-78(97)66-60-54-46-43-40-37-34-32-29-26-23-19-15-11-7-2)89(90)116-92-86(105)82(101)80(99)74(113-92)70-109-76(95)64-58-52-48-47-50-56-62-71(5)61-55-49-21-17-13-9-4/h25,28,35,38,71-74,79-93,98-105H,6-24,26-27,29-34,36-37,39-70H2,1-5H3,(H,106,107)/b28-25-,38-35-. The van der Waals surface area contributed by atoms with E-state index >= 15 is 0 Å². The third-order valence-electron chi connectivity index (χ3n) is 23.3. The summed E-state index contributed by atoms with van der Waals surface area (Å²) in [7, 11) is -5.81. The zero-order chi connectivity index (χ0) is 86.2. The molecule has 0 aromatic rings. The number of allylic oxidation sites excluding steroid dienone is 4. The average Bonchev–Trinajstić information content (AvgIpc) is 0.755. The van der Waals surface area contributed by atoms with Gasteiger partial charge in [0.15, 0.2) is 24.8 Å². The van der Waals surface area contributed by atoms with E-state index in [2.05, 4.69) is 58.9 Å². The molecular weight excluding hydrogens is 1540 g/mol. The lowest BCUT2D eigenvalue weighted by Crippen LogP contribution is -2.70. The van der Waals surface area contributed by atoms with Gasteiger partial charge in [0.25, 0.3) is 0 Å². The highest BCUT2D eigenvalue weighted by atomic mass is 31.2. The molecule has 0 aromatic carbocycles. The summed E-state index contributed by atoms with van der Waals surface area (Å²) in [5.74, 6) is -2.30. The van der Waals surface area contributed by atoms with E-state index in [9.17, 15) is 74.6 Å². The summed E-state index contributed by atoms with van der Waals surface area (Å²) in [6.07, 6.45) is 28.9. The third kappa shape index (κ3) is 50.2. The normalized spacial score (nSPS) is 25.3. The second-order valence-corrected chi connectivity index (χ2v) is 35.6. The van der Waals surface area contributed by atoms with Crippen LogP contribution in [0.5, 0.6) is 0 Å². The number of phosphoric ester groups is 1. The van der Waals surface area contributed by atoms with Crippen molar-refractivity contribution in [1.29, 1.82) is 0 Å². The summed E-state index contributed by atoms with van der Waals surface area (Å²) in [6.45, 7) is 7.89. The molecule has 0 spiro atoms. The van der Waals surface area contributed by atoms with Gasteiger partial charge in [-0.15, -0.1) is 0 Å². The van der Waals surface area contributed by atoms with Gasteiger partial charge in [0.05, 0.1) is 13.2 Å². The van der Waals surface area contributed by atoms with Crippen molar-refractivity contribution in [1.82, 2.24) is 0 Å². The summed E-state index contributed by atoms with van der Waals surface area (Å²) in [4.78, 5) is 66.5. The molecule has 2 aliphatic heterocycles. The Hall–Kier alpha value is -3.05. The van der Waals surface area contributed by atoms with Crippen molar-refractivity contribution in [3.05, 3.63) is 24.3 Å². The zero-order valence-electron chi connectivity index (χ0n) is 73.9. The van der Waals surface area contributed by atoms with Crippen molar-refractivity contribution in [2.24, 2.45) is 5.92 Å². The van der Waals surface area contributed by atoms with Gasteiger partial charge in [0, 0.05) is 25.7 Å². The number of aliphatic hydroxyl groups is 9. The fourth-order valence-electron chi connectivity index (χ4n) is 15.7. The molecule has 0 radical (unpaired) electrons. The monoisotopic (exact) mass is 1710 g/mol. The fourth-order valence-corrected chi connectivity index (χ4v) is 16.6. The highest BCUT2D eigenvalue weighted by Crippen LogP contribution is 2.49. The van der Waals surface area contributed by atoms with E-state index < -0.39 is 162 Å². The minimum Gasteiger partial charge on any atom is -0.463 e. The molecule has 19 unspecified atom stereocenters. The van der Waals surface area contributed by atoms with E-state index in [0.29, 0.717) is 44.4 Å². The molecule has 0 amide bonds. The van der Waals surface area contributed by atoms with Crippen LogP contribution in [-0.2, 0) is 70.7 Å². The van der Waals surface area contributed by atoms with Crippen LogP contribution in [0.4, 0.5) is 0 Å². The predicted molar refractivity (Wildman–Crippen MR) is 458 cm³/mol. The molecule has 26 heteroatoms. The van der Waals surface area contributed by atoms with E-state index in [1.165, 1.54) is 161 Å². The van der Waals surface area contributed by atoms with E-state index in [0.717, 1.165) is 141 Å². The van der Waals surface area contributed by atoms with E-state index in [4.69, 9.17) is 46.9 Å². The summed E-state index contributed by atoms with van der Waals surface area (Å²) < 4.78 is 73.5. The lowest BCUT2D eigenvalue weighted by molar-refractivity contribution is -0.360. The number of esters is 4. The van der Waals surface area contributed by atoms with Gasteiger partial charge < -0.3 is 88.7 Å². The molecule has 25 nitrogen and oxygen atoms in total. The van der Waals surface area contributed by atoms with Gasteiger partial charge in [-0.1, -0.05) is 322 Å². The average molecular weight is 1710 g/mol. The first-order chi connectivity index (χ1) is 57.1. The number of hydrogen-bond donors (Lipinski definition) is 10. The van der Waals surface area contributed by atoms with Crippen LogP contribution in [0.1, 0.15) is 401 Å². The molecule has 2 heterocycles. The second kappa shape index (κ2) is 70.2. The van der Waals surface area contributed by atoms with Crippen LogP contribution in [0.15, 0.2) is 24.3 Å². The van der Waals surface area contributed by atoms with Crippen molar-refractivity contribution in [2.75, 3.05) is 26.4 Å². The quantitative estimate of drug-likeness (QED) is 0.00889. The van der Waals surface area contributed by atoms with Crippen LogP contribution in [0, 0.1) is 5.92 Å². The van der Waals surface area contributed by atoms with Crippen LogP contribution in [0.3, 0.4) is 0 Å². The number of rotatable bonds is 76. The van der Waals surface area contributed by atoms with Crippen LogP contribution < -0.4 is 0 Å². The van der Waals surface area contributed by atoms with Gasteiger partial charge in [-0.3, -0.25) is 28.2 Å². The van der Waals surface area contributed by atoms with E-state index in [-0.39, 0.29) is 25.7 Å². The molecule has 0 bridgehead atoms. The summed E-state index contributed by atoms with van der Waals surface area (Å²) in [5.41, 5.74) is 0. The predicted octanol–water partition coefficient (Wildman–Crippen LogP) is 17.6. The molecular formula is C92H169O25P. The van der Waals surface area contributed by atoms with Crippen molar-refractivity contribution in [2.45, 2.75) is 505 Å². The molecule has 3 rings (SSSR count). The Kier molecular flexibility index (Phi) is 64.9. The highest BCUT2D eigenvalue weighted by molar-refractivity contribution is 7.47. The van der Waals surface area contributed by atoms with Gasteiger partial charge in [0.2, 0.25) is 0 Å². The van der Waals surface area contributed by atoms with Gasteiger partial charge in [-0.2, -0.15) is 0 Å². The van der Waals surface area contributed by atoms with Crippen LogP contribution in [0.2, 0.25) is 0 Å². The van der Waals surface area contributed by atoms with Gasteiger partial charge in [-0.25, -0.2) is 4.57 Å². The van der Waals surface area contributed by atoms with Crippen molar-refractivity contribution >= 4 is 31.7 Å². The smallest absolute Gasteiger partial charge is 0.463 e. The number of unbranched alkanes of at least 4 members (excludes halogenated alkanes) is 44. The summed E-state index contributed by atoms with van der Waals surface area (Å²) in [6, 6.07) is 0. The molecule has 10 N–H and O–H groups in total. The Morgan fingerprint density at radius 1 is 0.356 bits per heavy atom. The fraction of sp³-hybridized carbons (Fsp3) is 0.913. The van der Waals surface area contributed by atoms with Gasteiger partial charge >= 0.3 is 31.7 Å². The topological polar surface area (TPSA) is 380 Å². The van der Waals surface area contributed by atoms with Crippen LogP contribution in [-0.4, -0.2) is 205 Å². The van der Waals surface area contributed by atoms with E-state index in [1.54, 1.807) is 0 Å². The Balaban J connectivity index is 1.92. The first kappa shape index (κ1) is 109. The molecule has 118 heavy (non-hydrogen) atoms. The molecule has 1 aliphatic carbocycles. The first-order valence-electron chi connectivity index (χ1n) is 47.5. The molecule has 1 saturated carbocycles. The molecule has 19 atom stereocenters. The highest BCUT2D eigenvalue weighted by Gasteiger charge is 2.60. The molecule has 3 fully saturated rings. The van der Waals surface area contributed by atoms with E-state index in [1.807, 2.05) is 0 Å². The van der Waals surface area contributed by atoms with Gasteiger partial charge in [0.1, 0.15) is 92.6 Å². The molecule has 3 aliphatic rings. The zero-order valence-corrected chi connectivity index (χ0v) is 74.8. The molecule has 2 saturated heterocycles. The molecule has 0 aromatic heterocycles. The van der Waals surface area contributed by atoms with Crippen molar-refractivity contribution in [3.63, 3.8) is 0 Å². The lowest BCUT2D eigenvalue weighted by atomic mass is 9.84. The Labute approximate surface area is 711 Å². The van der Waals surface area contributed by atoms with Crippen molar-refractivity contribution in [3.8, 4) is 0 Å². The number of aliphatic hydroxyl groups excluding tert-OH is 9. The SMILES string of the molecule is CCCCCC/C=C\CCCCCCCCCC(=O)OC(COC(=O)CCCCC/C=C\CCCCCCCC)COP(=O)(O)OC1C(OC2OC(CO)C(O)C(O)C2O)C(O)C(O)C(OC(=O)CCCCCCCCCCCCCCCCC)C1OC1OC(COC(=O)CCCCCCCCC(C)CCCCCCCC)C(O)C(O)C1O. The third-order valence-corrected chi connectivity index (χ3v) is 24.3. The maximum absolute atomic E-state index is 14.9. The number of ether oxygens (including phenoxy) is 8. The number of carbonyl (C=O) groups excluding carboxylic acids is 4. The summed E-state index contributed by atoms with van der Waals surface area (Å²) >= 11 is 0. The number of carbonyl (C=O) groups is 4. The number of phosphoric acid groups is 1. The first-order valence-corrected chi connectivity index (χ1v) is 49.0. The maximum Gasteiger partial charge on any atom is 0.472 e. The summed E-state index contributed by atoms with van der Waals surface area (Å²) in [5, 5.41) is 102. The minimum atomic E-state index is -5.81. The number of hydrogen-bond acceptors (Lipinski definition) is 24.